The highest BCUT2D eigenvalue weighted by molar-refractivity contribution is 6.30. The molecule has 0 unspecified atom stereocenters. The van der Waals surface area contributed by atoms with Crippen LogP contribution in [0.1, 0.15) is 30.1 Å². The number of pyridine rings is 1. The van der Waals surface area contributed by atoms with Crippen molar-refractivity contribution >= 4 is 40.7 Å². The second kappa shape index (κ2) is 8.87. The number of nitrogens with zero attached hydrogens (tertiary/aromatic N) is 3. The third-order valence-electron chi connectivity index (χ3n) is 4.49. The maximum Gasteiger partial charge on any atom is 0.339 e. The number of ether oxygens (including phenoxy) is 1. The van der Waals surface area contributed by atoms with Crippen molar-refractivity contribution in [2.24, 2.45) is 0 Å². The van der Waals surface area contributed by atoms with Gasteiger partial charge in [0.1, 0.15) is 11.5 Å². The van der Waals surface area contributed by atoms with Crippen molar-refractivity contribution in [1.82, 2.24) is 4.98 Å². The number of anilines is 2. The fraction of sp³-hybridized carbons (Fsp3) is 0.316. The average molecular weight is 419 g/mol. The Morgan fingerprint density at radius 2 is 2.00 bits per heavy atom. The number of aromatic nitrogens is 1. The van der Waals surface area contributed by atoms with Crippen molar-refractivity contribution in [3.8, 4) is 0 Å². The summed E-state index contributed by atoms with van der Waals surface area (Å²) < 4.78 is 5.15. The Morgan fingerprint density at radius 3 is 2.62 bits per heavy atom. The normalized spacial score (nSPS) is 14.3. The molecular formula is C19H19ClN4O5. The van der Waals surface area contributed by atoms with Crippen molar-refractivity contribution in [2.45, 2.75) is 25.9 Å². The summed E-state index contributed by atoms with van der Waals surface area (Å²) in [6, 6.07) is 7.26. The molecule has 0 aliphatic carbocycles. The minimum Gasteiger partial charge on any atom is -0.449 e. The standard InChI is InChI=1S/C19H19ClN4O5/c1-12(18(25)22-17-7-5-14(20)11-21-17)29-19(26)13-4-6-15(16(10-13)24(27)28)23-8-2-3-9-23/h4-7,10-12H,2-3,8-9H2,1H3,(H,21,22,25)/t12-/m0/s1. The van der Waals surface area contributed by atoms with Gasteiger partial charge in [0, 0.05) is 25.4 Å². The van der Waals surface area contributed by atoms with Crippen LogP contribution in [0, 0.1) is 10.1 Å². The van der Waals surface area contributed by atoms with E-state index in [9.17, 15) is 19.7 Å². The first kappa shape index (κ1) is 20.5. The number of nitrogens with one attached hydrogen (secondary N) is 1. The lowest BCUT2D eigenvalue weighted by Crippen LogP contribution is -2.30. The summed E-state index contributed by atoms with van der Waals surface area (Å²) in [7, 11) is 0. The van der Waals surface area contributed by atoms with Gasteiger partial charge in [0.25, 0.3) is 11.6 Å². The third-order valence-corrected chi connectivity index (χ3v) is 4.71. The Morgan fingerprint density at radius 1 is 1.28 bits per heavy atom. The van der Waals surface area contributed by atoms with Gasteiger partial charge in [0.15, 0.2) is 6.10 Å². The molecule has 1 N–H and O–H groups in total. The van der Waals surface area contributed by atoms with Crippen molar-refractivity contribution < 1.29 is 19.2 Å². The molecule has 152 valence electrons. The number of nitro benzene ring substituents is 1. The van der Waals surface area contributed by atoms with Crippen molar-refractivity contribution in [3.63, 3.8) is 0 Å². The number of amides is 1. The second-order valence-electron chi connectivity index (χ2n) is 6.55. The topological polar surface area (TPSA) is 115 Å². The fourth-order valence-corrected chi connectivity index (χ4v) is 3.09. The molecule has 1 aromatic carbocycles. The van der Waals surface area contributed by atoms with Gasteiger partial charge in [-0.25, -0.2) is 9.78 Å². The monoisotopic (exact) mass is 418 g/mol. The number of benzene rings is 1. The molecule has 0 radical (unpaired) electrons. The zero-order chi connectivity index (χ0) is 21.0. The molecule has 2 aromatic rings. The van der Waals surface area contributed by atoms with Crippen LogP contribution in [0.3, 0.4) is 0 Å². The number of esters is 1. The van der Waals surface area contributed by atoms with E-state index in [0.29, 0.717) is 10.7 Å². The van der Waals surface area contributed by atoms with Crippen molar-refractivity contribution in [3.05, 3.63) is 57.2 Å². The van der Waals surface area contributed by atoms with E-state index in [1.807, 2.05) is 4.90 Å². The molecule has 10 heteroatoms. The molecule has 9 nitrogen and oxygen atoms in total. The molecule has 1 atom stereocenters. The van der Waals surface area contributed by atoms with Crippen LogP contribution in [0.15, 0.2) is 36.5 Å². The Labute approximate surface area is 171 Å². The van der Waals surface area contributed by atoms with Crippen LogP contribution >= 0.6 is 11.6 Å². The van der Waals surface area contributed by atoms with Gasteiger partial charge < -0.3 is 15.0 Å². The molecule has 1 aliphatic heterocycles. The molecule has 1 aromatic heterocycles. The van der Waals surface area contributed by atoms with Crippen LogP contribution in [0.5, 0.6) is 0 Å². The Balaban J connectivity index is 1.69. The number of carbonyl (C=O) groups is 2. The van der Waals surface area contributed by atoms with Gasteiger partial charge in [0.2, 0.25) is 0 Å². The Bertz CT molecular complexity index is 929. The van der Waals surface area contributed by atoms with Gasteiger partial charge in [0.05, 0.1) is 15.5 Å². The number of nitro groups is 1. The van der Waals surface area contributed by atoms with Crippen LogP contribution < -0.4 is 10.2 Å². The van der Waals surface area contributed by atoms with E-state index in [0.717, 1.165) is 25.9 Å². The summed E-state index contributed by atoms with van der Waals surface area (Å²) in [6.45, 7) is 2.87. The van der Waals surface area contributed by atoms with Crippen molar-refractivity contribution in [2.75, 3.05) is 23.3 Å². The first-order valence-electron chi connectivity index (χ1n) is 9.02. The number of rotatable bonds is 6. The summed E-state index contributed by atoms with van der Waals surface area (Å²) in [5, 5.41) is 14.4. The summed E-state index contributed by atoms with van der Waals surface area (Å²) in [6.07, 6.45) is 2.18. The van der Waals surface area contributed by atoms with Gasteiger partial charge in [-0.2, -0.15) is 0 Å². The largest absolute Gasteiger partial charge is 0.449 e. The zero-order valence-corrected chi connectivity index (χ0v) is 16.4. The highest BCUT2D eigenvalue weighted by atomic mass is 35.5. The van der Waals surface area contributed by atoms with E-state index in [1.54, 1.807) is 12.1 Å². The van der Waals surface area contributed by atoms with E-state index in [2.05, 4.69) is 10.3 Å². The molecule has 0 saturated carbocycles. The van der Waals surface area contributed by atoms with Crippen LogP contribution in [0.4, 0.5) is 17.2 Å². The molecule has 1 aliphatic rings. The predicted molar refractivity (Wildman–Crippen MR) is 107 cm³/mol. The second-order valence-corrected chi connectivity index (χ2v) is 6.99. The lowest BCUT2D eigenvalue weighted by Gasteiger charge is -2.18. The summed E-state index contributed by atoms with van der Waals surface area (Å²) in [5.41, 5.74) is 0.316. The van der Waals surface area contributed by atoms with E-state index in [1.165, 1.54) is 31.3 Å². The highest BCUT2D eigenvalue weighted by Crippen LogP contribution is 2.32. The van der Waals surface area contributed by atoms with Gasteiger partial charge in [-0.1, -0.05) is 11.6 Å². The minimum absolute atomic E-state index is 0.00362. The maximum atomic E-state index is 12.4. The van der Waals surface area contributed by atoms with Crippen molar-refractivity contribution in [1.29, 1.82) is 0 Å². The molecule has 3 rings (SSSR count). The van der Waals surface area contributed by atoms with Crippen LogP contribution in [-0.4, -0.2) is 41.0 Å². The lowest BCUT2D eigenvalue weighted by atomic mass is 10.1. The molecule has 0 bridgehead atoms. The quantitative estimate of drug-likeness (QED) is 0.434. The predicted octanol–water partition coefficient (Wildman–Crippen LogP) is 3.43. The minimum atomic E-state index is -1.13. The third kappa shape index (κ3) is 5.00. The number of halogens is 1. The number of hydrogen-bond donors (Lipinski definition) is 1. The highest BCUT2D eigenvalue weighted by Gasteiger charge is 2.26. The average Bonchev–Trinajstić information content (AvgIpc) is 3.23. The van der Waals surface area contributed by atoms with E-state index in [4.69, 9.17) is 16.3 Å². The van der Waals surface area contributed by atoms with Gasteiger partial charge in [-0.15, -0.1) is 0 Å². The molecule has 1 amide bonds. The Kier molecular flexibility index (Phi) is 6.28. The molecule has 29 heavy (non-hydrogen) atoms. The molecule has 1 fully saturated rings. The smallest absolute Gasteiger partial charge is 0.339 e. The summed E-state index contributed by atoms with van der Waals surface area (Å²) >= 11 is 5.74. The molecule has 0 spiro atoms. The fourth-order valence-electron chi connectivity index (χ4n) is 2.98. The zero-order valence-electron chi connectivity index (χ0n) is 15.6. The van der Waals surface area contributed by atoms with E-state index >= 15 is 0 Å². The van der Waals surface area contributed by atoms with Crippen LogP contribution in [0.25, 0.3) is 0 Å². The SMILES string of the molecule is C[C@H](OC(=O)c1ccc(N2CCCC2)c([N+](=O)[O-])c1)C(=O)Nc1ccc(Cl)cn1. The maximum absolute atomic E-state index is 12.4. The lowest BCUT2D eigenvalue weighted by molar-refractivity contribution is -0.384. The van der Waals surface area contributed by atoms with E-state index in [-0.39, 0.29) is 17.1 Å². The summed E-state index contributed by atoms with van der Waals surface area (Å²) in [4.78, 5) is 41.4. The molecular weight excluding hydrogens is 400 g/mol. The number of hydrogen-bond acceptors (Lipinski definition) is 7. The van der Waals surface area contributed by atoms with E-state index < -0.39 is 22.9 Å². The van der Waals surface area contributed by atoms with Gasteiger partial charge >= 0.3 is 5.97 Å². The van der Waals surface area contributed by atoms with Crippen LogP contribution in [0.2, 0.25) is 5.02 Å². The Hall–Kier alpha value is -3.20. The molecule has 1 saturated heterocycles. The van der Waals surface area contributed by atoms with Gasteiger partial charge in [-0.05, 0) is 44.0 Å². The first-order valence-corrected chi connectivity index (χ1v) is 9.40. The summed E-state index contributed by atoms with van der Waals surface area (Å²) in [5.74, 6) is -1.16. The number of carbonyl (C=O) groups excluding carboxylic acids is 2. The first-order chi connectivity index (χ1) is 13.8. The van der Waals surface area contributed by atoms with Gasteiger partial charge in [-0.3, -0.25) is 14.9 Å². The van der Waals surface area contributed by atoms with Crippen LogP contribution in [-0.2, 0) is 9.53 Å². The molecule has 2 heterocycles.